The molecule has 0 radical (unpaired) electrons. The number of carbonyl (C=O) groups is 1. The van der Waals surface area contributed by atoms with Crippen molar-refractivity contribution in [3.63, 3.8) is 0 Å². The van der Waals surface area contributed by atoms with Gasteiger partial charge in [-0.2, -0.15) is 4.98 Å². The van der Waals surface area contributed by atoms with Gasteiger partial charge in [0.25, 0.3) is 0 Å². The number of aromatic nitrogens is 2. The highest BCUT2D eigenvalue weighted by molar-refractivity contribution is 5.72. The van der Waals surface area contributed by atoms with Gasteiger partial charge in [-0.05, 0) is 18.4 Å². The summed E-state index contributed by atoms with van der Waals surface area (Å²) in [5, 5.41) is 3.98. The van der Waals surface area contributed by atoms with Crippen LogP contribution >= 0.6 is 0 Å². The van der Waals surface area contributed by atoms with Crippen LogP contribution in [0.1, 0.15) is 49.7 Å². The van der Waals surface area contributed by atoms with E-state index in [1.165, 1.54) is 19.3 Å². The molecular weight excluding hydrogens is 204 g/mol. The Labute approximate surface area is 94.7 Å². The zero-order valence-corrected chi connectivity index (χ0v) is 9.32. The molecule has 1 aliphatic rings. The van der Waals surface area contributed by atoms with Gasteiger partial charge in [0.1, 0.15) is 6.29 Å². The molecule has 0 saturated heterocycles. The van der Waals surface area contributed by atoms with Gasteiger partial charge in [-0.25, -0.2) is 0 Å². The van der Waals surface area contributed by atoms with E-state index in [-0.39, 0.29) is 0 Å². The van der Waals surface area contributed by atoms with Gasteiger partial charge in [0.2, 0.25) is 5.89 Å². The van der Waals surface area contributed by atoms with E-state index in [4.69, 9.17) is 4.52 Å². The number of hydrogen-bond acceptors (Lipinski definition) is 4. The summed E-state index contributed by atoms with van der Waals surface area (Å²) in [6.45, 7) is 3.59. The fourth-order valence-electron chi connectivity index (χ4n) is 2.10. The lowest BCUT2D eigenvalue weighted by Gasteiger charge is -2.17. The number of allylic oxidation sites excluding steroid dienone is 1. The quantitative estimate of drug-likeness (QED) is 0.577. The van der Waals surface area contributed by atoms with E-state index in [1.807, 2.05) is 0 Å². The predicted octanol–water partition coefficient (Wildman–Crippen LogP) is 2.41. The minimum atomic E-state index is 0.364. The number of nitrogens with zero attached hydrogens (tertiary/aromatic N) is 2. The number of carbonyl (C=O) groups excluding carboxylic acids is 1. The molecule has 0 spiro atoms. The molecule has 2 rings (SSSR count). The molecule has 16 heavy (non-hydrogen) atoms. The summed E-state index contributed by atoms with van der Waals surface area (Å²) in [6, 6.07) is 0. The Morgan fingerprint density at radius 3 is 2.88 bits per heavy atom. The third-order valence-corrected chi connectivity index (χ3v) is 3.00. The van der Waals surface area contributed by atoms with Crippen molar-refractivity contribution < 1.29 is 9.32 Å². The zero-order chi connectivity index (χ0) is 11.4. The molecule has 0 bridgehead atoms. The Morgan fingerprint density at radius 1 is 1.44 bits per heavy atom. The van der Waals surface area contributed by atoms with Crippen LogP contribution in [0.2, 0.25) is 0 Å². The summed E-state index contributed by atoms with van der Waals surface area (Å²) in [6.07, 6.45) is 7.18. The van der Waals surface area contributed by atoms with E-state index in [9.17, 15) is 4.79 Å². The van der Waals surface area contributed by atoms with E-state index in [0.29, 0.717) is 23.8 Å². The monoisotopic (exact) mass is 220 g/mol. The first-order valence-corrected chi connectivity index (χ1v) is 5.75. The smallest absolute Gasteiger partial charge is 0.231 e. The van der Waals surface area contributed by atoms with E-state index in [1.54, 1.807) is 0 Å². The van der Waals surface area contributed by atoms with Crippen molar-refractivity contribution in [2.75, 3.05) is 0 Å². The second kappa shape index (κ2) is 5.05. The molecule has 0 atom stereocenters. The van der Waals surface area contributed by atoms with Gasteiger partial charge in [0.15, 0.2) is 5.82 Å². The first-order valence-electron chi connectivity index (χ1n) is 5.75. The maximum atomic E-state index is 10.4. The van der Waals surface area contributed by atoms with Gasteiger partial charge in [0, 0.05) is 5.92 Å². The van der Waals surface area contributed by atoms with Crippen molar-refractivity contribution in [1.82, 2.24) is 10.1 Å². The minimum Gasteiger partial charge on any atom is -0.339 e. The van der Waals surface area contributed by atoms with Crippen LogP contribution in [-0.2, 0) is 11.2 Å². The average molecular weight is 220 g/mol. The van der Waals surface area contributed by atoms with Gasteiger partial charge >= 0.3 is 0 Å². The Morgan fingerprint density at radius 2 is 2.19 bits per heavy atom. The first-order chi connectivity index (χ1) is 7.79. The largest absolute Gasteiger partial charge is 0.339 e. The first kappa shape index (κ1) is 11.0. The van der Waals surface area contributed by atoms with Crippen LogP contribution in [0.3, 0.4) is 0 Å². The van der Waals surface area contributed by atoms with Crippen LogP contribution in [0.4, 0.5) is 0 Å². The molecule has 1 saturated carbocycles. The maximum Gasteiger partial charge on any atom is 0.231 e. The van der Waals surface area contributed by atoms with Crippen molar-refractivity contribution >= 4 is 6.29 Å². The standard InChI is InChI=1S/C12H16N2O2/c1-9(8-15)7-11-13-12(14-16-11)10-5-3-2-4-6-10/h8,10H,1-7H2. The van der Waals surface area contributed by atoms with Crippen molar-refractivity contribution in [3.05, 3.63) is 23.9 Å². The van der Waals surface area contributed by atoms with Crippen LogP contribution in [0.15, 0.2) is 16.7 Å². The molecule has 86 valence electrons. The third-order valence-electron chi connectivity index (χ3n) is 3.00. The Kier molecular flexibility index (Phi) is 3.49. The summed E-state index contributed by atoms with van der Waals surface area (Å²) < 4.78 is 5.11. The van der Waals surface area contributed by atoms with Gasteiger partial charge in [-0.1, -0.05) is 31.0 Å². The second-order valence-electron chi connectivity index (χ2n) is 4.33. The molecule has 4 nitrogen and oxygen atoms in total. The van der Waals surface area contributed by atoms with E-state index < -0.39 is 0 Å². The lowest BCUT2D eigenvalue weighted by Crippen LogP contribution is -2.06. The van der Waals surface area contributed by atoms with E-state index in [0.717, 1.165) is 25.0 Å². The van der Waals surface area contributed by atoms with Gasteiger partial charge in [-0.3, -0.25) is 4.79 Å². The Hall–Kier alpha value is -1.45. The number of aldehydes is 1. The summed E-state index contributed by atoms with van der Waals surface area (Å²) in [4.78, 5) is 14.8. The molecule has 0 amide bonds. The van der Waals surface area contributed by atoms with Crippen LogP contribution in [-0.4, -0.2) is 16.4 Å². The van der Waals surface area contributed by atoms with Crippen LogP contribution in [0.5, 0.6) is 0 Å². The Balaban J connectivity index is 2.00. The molecule has 0 aromatic carbocycles. The van der Waals surface area contributed by atoms with Crippen molar-refractivity contribution in [3.8, 4) is 0 Å². The van der Waals surface area contributed by atoms with E-state index in [2.05, 4.69) is 16.7 Å². The molecule has 1 fully saturated rings. The minimum absolute atomic E-state index is 0.364. The maximum absolute atomic E-state index is 10.4. The fraction of sp³-hybridized carbons (Fsp3) is 0.583. The van der Waals surface area contributed by atoms with Crippen molar-refractivity contribution in [2.24, 2.45) is 0 Å². The Bertz CT molecular complexity index is 378. The molecule has 0 aliphatic heterocycles. The van der Waals surface area contributed by atoms with Crippen molar-refractivity contribution in [2.45, 2.75) is 44.4 Å². The summed E-state index contributed by atoms with van der Waals surface area (Å²) >= 11 is 0. The molecule has 0 unspecified atom stereocenters. The lowest BCUT2D eigenvalue weighted by molar-refractivity contribution is -0.105. The van der Waals surface area contributed by atoms with Crippen LogP contribution in [0.25, 0.3) is 0 Å². The SMILES string of the molecule is C=C(C=O)Cc1nc(C2CCCCC2)no1. The average Bonchev–Trinajstić information content (AvgIpc) is 2.78. The van der Waals surface area contributed by atoms with Gasteiger partial charge in [-0.15, -0.1) is 0 Å². The van der Waals surface area contributed by atoms with Crippen LogP contribution in [0, 0.1) is 0 Å². The molecule has 1 aromatic rings. The number of hydrogen-bond donors (Lipinski definition) is 0. The molecule has 1 aromatic heterocycles. The zero-order valence-electron chi connectivity index (χ0n) is 9.32. The molecule has 1 aliphatic carbocycles. The molecular formula is C12H16N2O2. The lowest BCUT2D eigenvalue weighted by atomic mass is 9.89. The molecule has 0 N–H and O–H groups in total. The fourth-order valence-corrected chi connectivity index (χ4v) is 2.10. The number of rotatable bonds is 4. The summed E-state index contributed by atoms with van der Waals surface area (Å²) in [5.41, 5.74) is 0.471. The van der Waals surface area contributed by atoms with Crippen LogP contribution < -0.4 is 0 Å². The van der Waals surface area contributed by atoms with Crippen molar-refractivity contribution in [1.29, 1.82) is 0 Å². The normalized spacial score (nSPS) is 17.2. The predicted molar refractivity (Wildman–Crippen MR) is 59.0 cm³/mol. The second-order valence-corrected chi connectivity index (χ2v) is 4.33. The topological polar surface area (TPSA) is 56.0 Å². The third kappa shape index (κ3) is 2.56. The highest BCUT2D eigenvalue weighted by Gasteiger charge is 2.20. The van der Waals surface area contributed by atoms with E-state index >= 15 is 0 Å². The highest BCUT2D eigenvalue weighted by atomic mass is 16.5. The molecule has 4 heteroatoms. The highest BCUT2D eigenvalue weighted by Crippen LogP contribution is 2.30. The molecule has 1 heterocycles. The van der Waals surface area contributed by atoms with Gasteiger partial charge < -0.3 is 4.52 Å². The summed E-state index contributed by atoms with van der Waals surface area (Å²) in [5.74, 6) is 1.74. The van der Waals surface area contributed by atoms with Gasteiger partial charge in [0.05, 0.1) is 6.42 Å². The summed E-state index contributed by atoms with van der Waals surface area (Å²) in [7, 11) is 0.